The number of aryl methyl sites for hydroxylation is 1. The van der Waals surface area contributed by atoms with Crippen LogP contribution in [-0.4, -0.2) is 57.7 Å². The maximum absolute atomic E-state index is 12.7. The van der Waals surface area contributed by atoms with Crippen LogP contribution < -0.4 is 9.62 Å². The predicted octanol–water partition coefficient (Wildman–Crippen LogP) is 1.25. The summed E-state index contributed by atoms with van der Waals surface area (Å²) in [7, 11) is -3.27. The van der Waals surface area contributed by atoms with Gasteiger partial charge >= 0.3 is 0 Å². The van der Waals surface area contributed by atoms with E-state index in [2.05, 4.69) is 5.32 Å². The van der Waals surface area contributed by atoms with E-state index in [1.54, 1.807) is 12.1 Å². The highest BCUT2D eigenvalue weighted by Crippen LogP contribution is 2.30. The molecular weight excluding hydrogens is 350 g/mol. The lowest BCUT2D eigenvalue weighted by Gasteiger charge is -2.34. The summed E-state index contributed by atoms with van der Waals surface area (Å²) in [5, 5.41) is 3.28. The summed E-state index contributed by atoms with van der Waals surface area (Å²) in [4.78, 5) is 14.6. The van der Waals surface area contributed by atoms with E-state index in [1.165, 1.54) is 10.6 Å². The van der Waals surface area contributed by atoms with Crippen LogP contribution in [0.25, 0.3) is 0 Å². The molecule has 134 valence electrons. The monoisotopic (exact) mass is 373 g/mol. The fourth-order valence-corrected chi connectivity index (χ4v) is 4.34. The number of nitrogens with zero attached hydrogens (tertiary/aromatic N) is 2. The van der Waals surface area contributed by atoms with Gasteiger partial charge in [-0.15, -0.1) is 12.4 Å². The van der Waals surface area contributed by atoms with Crippen LogP contribution in [0.15, 0.2) is 18.2 Å². The lowest BCUT2D eigenvalue weighted by Crippen LogP contribution is -2.52. The number of benzene rings is 1. The number of fused-ring (bicyclic) bond motifs is 1. The Morgan fingerprint density at radius 2 is 2.04 bits per heavy atom. The number of halogens is 1. The third-order valence-electron chi connectivity index (χ3n) is 4.56. The first kappa shape index (κ1) is 19.0. The van der Waals surface area contributed by atoms with Crippen LogP contribution in [0.2, 0.25) is 0 Å². The number of piperazine rings is 1. The minimum atomic E-state index is -3.27. The summed E-state index contributed by atoms with van der Waals surface area (Å²) in [6, 6.07) is 5.55. The average molecular weight is 374 g/mol. The first-order valence-electron chi connectivity index (χ1n) is 8.00. The van der Waals surface area contributed by atoms with E-state index in [-0.39, 0.29) is 24.4 Å². The van der Waals surface area contributed by atoms with Crippen molar-refractivity contribution in [1.29, 1.82) is 0 Å². The number of carbonyl (C=O) groups is 1. The molecule has 1 N–H and O–H groups in total. The largest absolute Gasteiger partial charge is 0.333 e. The molecule has 0 bridgehead atoms. The van der Waals surface area contributed by atoms with Crippen molar-refractivity contribution in [1.82, 2.24) is 10.2 Å². The van der Waals surface area contributed by atoms with Gasteiger partial charge in [0.05, 0.1) is 11.9 Å². The van der Waals surface area contributed by atoms with Crippen LogP contribution in [0.5, 0.6) is 0 Å². The SMILES string of the molecule is C[C@@H]1CNCCN1C(=O)c1ccc2c(c1)CCCN2S(C)(=O)=O.Cl. The molecule has 1 saturated heterocycles. The van der Waals surface area contributed by atoms with Crippen molar-refractivity contribution >= 4 is 34.0 Å². The number of hydrogen-bond donors (Lipinski definition) is 1. The Bertz CT molecular complexity index is 723. The Balaban J connectivity index is 0.00000208. The van der Waals surface area contributed by atoms with Gasteiger partial charge < -0.3 is 10.2 Å². The van der Waals surface area contributed by atoms with Gasteiger partial charge in [-0.05, 0) is 43.5 Å². The quantitative estimate of drug-likeness (QED) is 0.847. The Morgan fingerprint density at radius 3 is 2.71 bits per heavy atom. The second kappa shape index (κ2) is 7.29. The van der Waals surface area contributed by atoms with Gasteiger partial charge in [-0.25, -0.2) is 8.42 Å². The molecule has 3 rings (SSSR count). The van der Waals surface area contributed by atoms with Crippen molar-refractivity contribution in [3.63, 3.8) is 0 Å². The topological polar surface area (TPSA) is 69.7 Å². The number of sulfonamides is 1. The van der Waals surface area contributed by atoms with Crippen LogP contribution in [0.4, 0.5) is 5.69 Å². The molecular formula is C16H24ClN3O3S. The Morgan fingerprint density at radius 1 is 1.29 bits per heavy atom. The third-order valence-corrected chi connectivity index (χ3v) is 5.74. The Labute approximate surface area is 149 Å². The van der Waals surface area contributed by atoms with E-state index >= 15 is 0 Å². The summed E-state index contributed by atoms with van der Waals surface area (Å²) in [5.74, 6) is 0.0262. The van der Waals surface area contributed by atoms with Gasteiger partial charge in [-0.2, -0.15) is 0 Å². The molecule has 1 amide bonds. The van der Waals surface area contributed by atoms with E-state index in [0.29, 0.717) is 24.3 Å². The summed E-state index contributed by atoms with van der Waals surface area (Å²) >= 11 is 0. The van der Waals surface area contributed by atoms with E-state index in [4.69, 9.17) is 0 Å². The van der Waals surface area contributed by atoms with E-state index < -0.39 is 10.0 Å². The average Bonchev–Trinajstić information content (AvgIpc) is 2.52. The van der Waals surface area contributed by atoms with Crippen molar-refractivity contribution in [3.8, 4) is 0 Å². The second-order valence-corrected chi connectivity index (χ2v) is 8.24. The van der Waals surface area contributed by atoms with Crippen LogP contribution in [0.1, 0.15) is 29.3 Å². The van der Waals surface area contributed by atoms with Crippen LogP contribution >= 0.6 is 12.4 Å². The number of anilines is 1. The van der Waals surface area contributed by atoms with Crippen LogP contribution in [0, 0.1) is 0 Å². The molecule has 0 spiro atoms. The molecule has 0 saturated carbocycles. The molecule has 1 aromatic rings. The summed E-state index contributed by atoms with van der Waals surface area (Å²) in [6.07, 6.45) is 2.81. The number of carbonyl (C=O) groups excluding carboxylic acids is 1. The number of hydrogen-bond acceptors (Lipinski definition) is 4. The van der Waals surface area contributed by atoms with Crippen molar-refractivity contribution in [2.45, 2.75) is 25.8 Å². The van der Waals surface area contributed by atoms with Gasteiger partial charge in [0.1, 0.15) is 0 Å². The fourth-order valence-electron chi connectivity index (χ4n) is 3.35. The molecule has 2 heterocycles. The van der Waals surface area contributed by atoms with Gasteiger partial charge in [0.25, 0.3) is 5.91 Å². The van der Waals surface area contributed by atoms with Gasteiger partial charge in [-0.3, -0.25) is 9.10 Å². The molecule has 2 aliphatic rings. The highest BCUT2D eigenvalue weighted by atomic mass is 35.5. The third kappa shape index (κ3) is 3.68. The lowest BCUT2D eigenvalue weighted by atomic mass is 10.00. The molecule has 1 fully saturated rings. The molecule has 0 aromatic heterocycles. The number of rotatable bonds is 2. The second-order valence-electron chi connectivity index (χ2n) is 6.33. The molecule has 1 aromatic carbocycles. The summed E-state index contributed by atoms with van der Waals surface area (Å²) in [6.45, 7) is 4.86. The van der Waals surface area contributed by atoms with Crippen molar-refractivity contribution in [2.24, 2.45) is 0 Å². The molecule has 0 aliphatic carbocycles. The van der Waals surface area contributed by atoms with Crippen molar-refractivity contribution < 1.29 is 13.2 Å². The van der Waals surface area contributed by atoms with Gasteiger partial charge in [0.15, 0.2) is 0 Å². The first-order chi connectivity index (χ1) is 10.9. The smallest absolute Gasteiger partial charge is 0.254 e. The summed E-state index contributed by atoms with van der Waals surface area (Å²) in [5.41, 5.74) is 2.30. The Hall–Kier alpha value is -1.31. The number of nitrogens with one attached hydrogen (secondary N) is 1. The minimum absolute atomic E-state index is 0. The summed E-state index contributed by atoms with van der Waals surface area (Å²) < 4.78 is 25.2. The molecule has 0 radical (unpaired) electrons. The minimum Gasteiger partial charge on any atom is -0.333 e. The van der Waals surface area contributed by atoms with Crippen molar-refractivity contribution in [2.75, 3.05) is 36.7 Å². The zero-order valence-corrected chi connectivity index (χ0v) is 15.6. The predicted molar refractivity (Wildman–Crippen MR) is 97.6 cm³/mol. The molecule has 6 nitrogen and oxygen atoms in total. The van der Waals surface area contributed by atoms with Crippen molar-refractivity contribution in [3.05, 3.63) is 29.3 Å². The zero-order valence-electron chi connectivity index (χ0n) is 14.0. The van der Waals surface area contributed by atoms with E-state index in [9.17, 15) is 13.2 Å². The molecule has 2 aliphatic heterocycles. The fraction of sp³-hybridized carbons (Fsp3) is 0.562. The Kier molecular flexibility index (Phi) is 5.78. The molecule has 0 unspecified atom stereocenters. The first-order valence-corrected chi connectivity index (χ1v) is 9.85. The van der Waals surface area contributed by atoms with Crippen LogP contribution in [0.3, 0.4) is 0 Å². The van der Waals surface area contributed by atoms with E-state index in [1.807, 2.05) is 17.9 Å². The normalized spacial score (nSPS) is 21.0. The van der Waals surface area contributed by atoms with Gasteiger partial charge in [-0.1, -0.05) is 0 Å². The maximum Gasteiger partial charge on any atom is 0.254 e. The van der Waals surface area contributed by atoms with Crippen LogP contribution in [-0.2, 0) is 16.4 Å². The van der Waals surface area contributed by atoms with E-state index in [0.717, 1.165) is 31.5 Å². The van der Waals surface area contributed by atoms with Gasteiger partial charge in [0.2, 0.25) is 10.0 Å². The highest BCUT2D eigenvalue weighted by Gasteiger charge is 2.27. The standard InChI is InChI=1S/C16H23N3O3S.ClH/c1-12-11-17-7-9-18(12)16(20)14-5-6-15-13(10-14)4-3-8-19(15)23(2,21)22;/h5-6,10,12,17H,3-4,7-9,11H2,1-2H3;1H/t12-;/m1./s1. The maximum atomic E-state index is 12.7. The molecule has 24 heavy (non-hydrogen) atoms. The number of amides is 1. The molecule has 8 heteroatoms. The molecule has 1 atom stereocenters. The van der Waals surface area contributed by atoms with Gasteiger partial charge in [0, 0.05) is 37.8 Å². The zero-order chi connectivity index (χ0) is 16.6. The lowest BCUT2D eigenvalue weighted by molar-refractivity contribution is 0.0655. The highest BCUT2D eigenvalue weighted by molar-refractivity contribution is 7.92.